The predicted molar refractivity (Wildman–Crippen MR) is 121 cm³/mol. The number of fused-ring (bicyclic) bond motifs is 2. The molecule has 1 saturated heterocycles. The van der Waals surface area contributed by atoms with E-state index in [0.717, 1.165) is 24.9 Å². The Kier molecular flexibility index (Phi) is 5.38. The third kappa shape index (κ3) is 3.16. The van der Waals surface area contributed by atoms with Crippen LogP contribution in [0.2, 0.25) is 5.02 Å². The highest BCUT2D eigenvalue weighted by Crippen LogP contribution is 2.59. The van der Waals surface area contributed by atoms with E-state index in [-0.39, 0.29) is 17.8 Å². The lowest BCUT2D eigenvalue weighted by atomic mass is 9.74. The van der Waals surface area contributed by atoms with E-state index < -0.39 is 17.6 Å². The van der Waals surface area contributed by atoms with Crippen LogP contribution in [0.25, 0.3) is 0 Å². The van der Waals surface area contributed by atoms with Gasteiger partial charge in [-0.25, -0.2) is 9.87 Å². The zero-order chi connectivity index (χ0) is 21.9. The van der Waals surface area contributed by atoms with E-state index in [1.807, 2.05) is 6.07 Å². The van der Waals surface area contributed by atoms with Crippen LogP contribution < -0.4 is 10.8 Å². The molecule has 1 saturated carbocycles. The largest absolute Gasteiger partial charge is 0.324 e. The molecule has 4 atom stereocenters. The van der Waals surface area contributed by atoms with Crippen molar-refractivity contribution in [3.8, 4) is 0 Å². The Morgan fingerprint density at radius 3 is 2.84 bits per heavy atom. The summed E-state index contributed by atoms with van der Waals surface area (Å²) in [6.45, 7) is 2.82. The van der Waals surface area contributed by atoms with Gasteiger partial charge in [0.05, 0.1) is 4.47 Å². The van der Waals surface area contributed by atoms with Crippen molar-refractivity contribution in [3.63, 3.8) is 0 Å². The molecule has 2 N–H and O–H groups in total. The molecule has 2 aromatic carbocycles. The van der Waals surface area contributed by atoms with E-state index in [9.17, 15) is 4.79 Å². The van der Waals surface area contributed by atoms with Crippen LogP contribution in [0.3, 0.4) is 0 Å². The summed E-state index contributed by atoms with van der Waals surface area (Å²) in [4.78, 5) is 22.1. The van der Waals surface area contributed by atoms with Gasteiger partial charge in [-0.2, -0.15) is 0 Å². The molecule has 0 aromatic heterocycles. The summed E-state index contributed by atoms with van der Waals surface area (Å²) < 4.78 is 15.9. The van der Waals surface area contributed by atoms with Crippen LogP contribution in [0, 0.1) is 11.7 Å². The van der Waals surface area contributed by atoms with Gasteiger partial charge in [0.25, 0.3) is 0 Å². The third-order valence-electron chi connectivity index (χ3n) is 6.91. The number of benzene rings is 2. The maximum Gasteiger partial charge on any atom is 0.250 e. The third-order valence-corrected chi connectivity index (χ3v) is 7.76. The zero-order valence-electron chi connectivity index (χ0n) is 17.3. The van der Waals surface area contributed by atoms with Gasteiger partial charge >= 0.3 is 0 Å². The molecule has 5 rings (SSSR count). The first kappa shape index (κ1) is 21.3. The molecule has 5 nitrogen and oxygen atoms in total. The smallest absolute Gasteiger partial charge is 0.250 e. The first-order valence-electron chi connectivity index (χ1n) is 10.5. The van der Waals surface area contributed by atoms with E-state index in [1.165, 1.54) is 0 Å². The molecule has 0 bridgehead atoms. The summed E-state index contributed by atoms with van der Waals surface area (Å²) in [7, 11) is 1.69. The lowest BCUT2D eigenvalue weighted by molar-refractivity contribution is -0.128. The number of anilines is 1. The van der Waals surface area contributed by atoms with Gasteiger partial charge in [0.15, 0.2) is 0 Å². The van der Waals surface area contributed by atoms with E-state index in [4.69, 9.17) is 16.4 Å². The summed E-state index contributed by atoms with van der Waals surface area (Å²) in [5.41, 5.74) is 3.67. The second-order valence-electron chi connectivity index (χ2n) is 8.65. The van der Waals surface area contributed by atoms with Gasteiger partial charge in [-0.05, 0) is 65.4 Å². The molecule has 0 radical (unpaired) electrons. The van der Waals surface area contributed by atoms with Gasteiger partial charge < -0.3 is 5.32 Å². The number of carbonyl (C=O) groups excluding carboxylic acids is 1. The summed E-state index contributed by atoms with van der Waals surface area (Å²) >= 11 is 9.56. The zero-order valence-corrected chi connectivity index (χ0v) is 19.6. The number of nitrogens with zero attached hydrogens (tertiary/aromatic N) is 1. The highest BCUT2D eigenvalue weighted by Gasteiger charge is 2.67. The number of amides is 1. The van der Waals surface area contributed by atoms with E-state index >= 15 is 4.39 Å². The van der Waals surface area contributed by atoms with Crippen molar-refractivity contribution in [1.82, 2.24) is 10.4 Å². The van der Waals surface area contributed by atoms with Crippen LogP contribution in [0.5, 0.6) is 0 Å². The van der Waals surface area contributed by atoms with Crippen molar-refractivity contribution in [2.75, 3.05) is 18.9 Å². The standard InChI is InChI=1S/C23H24BrClFN3O2/c1-12-21(31-27-2)19(15-4-3-5-17(24)20(15)26)23(29(12)11-13-6-7-13)16-9-8-14(25)10-18(16)28-22(23)30/h3-5,8-10,12-13,19,21,27H,6-7,11H2,1-2H3,(H,28,30)/t12-,19?,21+,23+/m0/s1. The molecular formula is C23H24BrClFN3O2. The molecule has 31 heavy (non-hydrogen) atoms. The molecule has 1 amide bonds. The number of carbonyl (C=O) groups is 1. The fraction of sp³-hybridized carbons (Fsp3) is 0.435. The first-order chi connectivity index (χ1) is 14.9. The number of nitrogens with one attached hydrogen (secondary N) is 2. The van der Waals surface area contributed by atoms with Crippen LogP contribution in [0.4, 0.5) is 10.1 Å². The Hall–Kier alpha value is -1.51. The molecule has 3 aliphatic rings. The Balaban J connectivity index is 1.78. The van der Waals surface area contributed by atoms with Gasteiger partial charge in [-0.3, -0.25) is 14.5 Å². The summed E-state index contributed by atoms with van der Waals surface area (Å²) in [6, 6.07) is 10.6. The average molecular weight is 509 g/mol. The Labute approximate surface area is 194 Å². The molecule has 8 heteroatoms. The van der Waals surface area contributed by atoms with Crippen LogP contribution in [-0.4, -0.2) is 36.5 Å². The highest BCUT2D eigenvalue weighted by molar-refractivity contribution is 9.10. The molecule has 1 aliphatic carbocycles. The fourth-order valence-corrected chi connectivity index (χ4v) is 5.99. The van der Waals surface area contributed by atoms with Crippen molar-refractivity contribution in [3.05, 3.63) is 62.8 Å². The number of halogens is 3. The number of hydrogen-bond donors (Lipinski definition) is 2. The summed E-state index contributed by atoms with van der Waals surface area (Å²) in [5.74, 6) is -0.561. The van der Waals surface area contributed by atoms with Crippen LogP contribution in [0.15, 0.2) is 40.9 Å². The number of rotatable bonds is 5. The molecule has 2 aliphatic heterocycles. The lowest BCUT2D eigenvalue weighted by Gasteiger charge is -2.39. The van der Waals surface area contributed by atoms with Crippen LogP contribution in [0.1, 0.15) is 36.8 Å². The Morgan fingerprint density at radius 2 is 2.13 bits per heavy atom. The van der Waals surface area contributed by atoms with E-state index in [2.05, 4.69) is 38.6 Å². The maximum atomic E-state index is 15.5. The van der Waals surface area contributed by atoms with Crippen molar-refractivity contribution in [2.24, 2.45) is 5.92 Å². The maximum absolute atomic E-state index is 15.5. The van der Waals surface area contributed by atoms with Crippen molar-refractivity contribution in [1.29, 1.82) is 0 Å². The second kappa shape index (κ2) is 7.81. The molecular weight excluding hydrogens is 485 g/mol. The monoisotopic (exact) mass is 507 g/mol. The Morgan fingerprint density at radius 1 is 1.35 bits per heavy atom. The van der Waals surface area contributed by atoms with E-state index in [0.29, 0.717) is 26.7 Å². The summed E-state index contributed by atoms with van der Waals surface area (Å²) in [5, 5.41) is 3.58. The minimum atomic E-state index is -1.09. The molecule has 1 unspecified atom stereocenters. The number of hydroxylamine groups is 1. The van der Waals surface area contributed by atoms with Crippen molar-refractivity contribution >= 4 is 39.1 Å². The van der Waals surface area contributed by atoms with Crippen molar-refractivity contribution < 1.29 is 14.0 Å². The molecule has 2 aromatic rings. The van der Waals surface area contributed by atoms with Gasteiger partial charge in [0, 0.05) is 41.8 Å². The minimum Gasteiger partial charge on any atom is -0.324 e. The SMILES string of the molecule is CNO[C@H]1C(c2cccc(Br)c2F)[C@]2(C(=O)Nc3cc(Cl)ccc32)N(CC2CC2)[C@H]1C. The summed E-state index contributed by atoms with van der Waals surface area (Å²) in [6.07, 6.45) is 1.84. The number of hydrogen-bond acceptors (Lipinski definition) is 4. The second-order valence-corrected chi connectivity index (χ2v) is 9.94. The fourth-order valence-electron chi connectivity index (χ4n) is 5.43. The van der Waals surface area contributed by atoms with Crippen molar-refractivity contribution in [2.45, 2.75) is 43.4 Å². The highest BCUT2D eigenvalue weighted by atomic mass is 79.9. The van der Waals surface area contributed by atoms with Gasteiger partial charge in [-0.15, -0.1) is 0 Å². The first-order valence-corrected chi connectivity index (χ1v) is 11.7. The Bertz CT molecular complexity index is 1050. The minimum absolute atomic E-state index is 0.121. The lowest BCUT2D eigenvalue weighted by Crippen LogP contribution is -2.52. The van der Waals surface area contributed by atoms with E-state index in [1.54, 1.807) is 37.4 Å². The molecule has 164 valence electrons. The predicted octanol–water partition coefficient (Wildman–Crippen LogP) is 4.81. The van der Waals surface area contributed by atoms with Crippen LogP contribution >= 0.6 is 27.5 Å². The van der Waals surface area contributed by atoms with Gasteiger partial charge in [0.2, 0.25) is 5.91 Å². The topological polar surface area (TPSA) is 53.6 Å². The normalized spacial score (nSPS) is 30.1. The van der Waals surface area contributed by atoms with Crippen LogP contribution in [-0.2, 0) is 15.2 Å². The van der Waals surface area contributed by atoms with Gasteiger partial charge in [-0.1, -0.05) is 29.8 Å². The molecule has 1 spiro atoms. The average Bonchev–Trinajstić information content (AvgIpc) is 3.47. The quantitative estimate of drug-likeness (QED) is 0.570. The van der Waals surface area contributed by atoms with Gasteiger partial charge in [0.1, 0.15) is 17.5 Å². The molecule has 2 fully saturated rings. The molecule has 2 heterocycles. The number of likely N-dealkylation sites (tertiary alicyclic amines) is 1.